The lowest BCUT2D eigenvalue weighted by Gasteiger charge is -2.12. The molecule has 1 aromatic heterocycles. The van der Waals surface area contributed by atoms with Crippen molar-refractivity contribution >= 4 is 29.9 Å². The van der Waals surface area contributed by atoms with Crippen LogP contribution in [0.3, 0.4) is 0 Å². The largest absolute Gasteiger partial charge is 0.397 e. The van der Waals surface area contributed by atoms with Crippen LogP contribution in [0.25, 0.3) is 0 Å². The summed E-state index contributed by atoms with van der Waals surface area (Å²) in [6.45, 7) is 0. The maximum atomic E-state index is 12.3. The van der Waals surface area contributed by atoms with Gasteiger partial charge in [0, 0.05) is 11.8 Å². The Morgan fingerprint density at radius 3 is 2.38 bits per heavy atom. The fourth-order valence-electron chi connectivity index (χ4n) is 2.33. The van der Waals surface area contributed by atoms with Crippen LogP contribution in [0, 0.1) is 0 Å². The van der Waals surface area contributed by atoms with Crippen molar-refractivity contribution in [1.82, 2.24) is 4.98 Å². The van der Waals surface area contributed by atoms with Crippen LogP contribution in [-0.2, 0) is 0 Å². The van der Waals surface area contributed by atoms with Crippen LogP contribution in [0.2, 0.25) is 0 Å². The van der Waals surface area contributed by atoms with Crippen molar-refractivity contribution in [2.75, 3.05) is 11.1 Å². The molecule has 0 aliphatic rings. The Morgan fingerprint density at radius 1 is 1.00 bits per heavy atom. The molecule has 0 aliphatic carbocycles. The maximum absolute atomic E-state index is 12.3. The highest BCUT2D eigenvalue weighted by Gasteiger charge is 2.12. The van der Waals surface area contributed by atoms with Crippen LogP contribution in [0.4, 0.5) is 11.4 Å². The van der Waals surface area contributed by atoms with Crippen molar-refractivity contribution in [3.63, 3.8) is 0 Å². The van der Waals surface area contributed by atoms with Gasteiger partial charge in [0.2, 0.25) is 0 Å². The number of nitrogens with zero attached hydrogens (tertiary/aromatic N) is 1. The number of hydrogen-bond donors (Lipinski definition) is 3. The molecule has 1 heterocycles. The van der Waals surface area contributed by atoms with Crippen molar-refractivity contribution < 1.29 is 4.79 Å². The molecule has 0 bridgehead atoms. The highest BCUT2D eigenvalue weighted by atomic mass is 32.1. The average Bonchev–Trinajstić information content (AvgIpc) is 2.64. The van der Waals surface area contributed by atoms with Gasteiger partial charge in [-0.1, -0.05) is 30.3 Å². The summed E-state index contributed by atoms with van der Waals surface area (Å²) in [5.41, 5.74) is 9.39. The van der Waals surface area contributed by atoms with E-state index in [9.17, 15) is 4.79 Å². The van der Waals surface area contributed by atoms with Crippen molar-refractivity contribution in [2.24, 2.45) is 0 Å². The summed E-state index contributed by atoms with van der Waals surface area (Å²) in [4.78, 5) is 16.6. The minimum atomic E-state index is -0.201. The van der Waals surface area contributed by atoms with E-state index in [0.29, 0.717) is 16.9 Å². The standard InChI is InChI=1S/C19H17N3OS/c20-15-5-1-2-6-16(15)22-19(23)14-10-8-13(9-11-14)18(24)17-7-3-4-12-21-17/h1-12,18,24H,20H2,(H,22,23). The lowest BCUT2D eigenvalue weighted by Crippen LogP contribution is -2.13. The molecule has 4 nitrogen and oxygen atoms in total. The summed E-state index contributed by atoms with van der Waals surface area (Å²) in [5, 5.41) is 2.68. The first kappa shape index (κ1) is 16.1. The highest BCUT2D eigenvalue weighted by Crippen LogP contribution is 2.27. The number of nitrogens with two attached hydrogens (primary N) is 1. The SMILES string of the molecule is Nc1ccccc1NC(=O)c1ccc(C(S)c2ccccn2)cc1. The molecule has 3 N–H and O–H groups in total. The molecule has 1 unspecified atom stereocenters. The Balaban J connectivity index is 1.75. The number of carbonyl (C=O) groups excluding carboxylic acids is 1. The summed E-state index contributed by atoms with van der Waals surface area (Å²) in [6, 6.07) is 20.2. The minimum absolute atomic E-state index is 0.131. The van der Waals surface area contributed by atoms with Gasteiger partial charge in [-0.15, -0.1) is 0 Å². The number of benzene rings is 2. The van der Waals surface area contributed by atoms with Crippen LogP contribution in [0.5, 0.6) is 0 Å². The van der Waals surface area contributed by atoms with Crippen LogP contribution in [-0.4, -0.2) is 10.9 Å². The number of amides is 1. The van der Waals surface area contributed by atoms with Gasteiger partial charge < -0.3 is 11.1 Å². The third-order valence-corrected chi connectivity index (χ3v) is 4.23. The summed E-state index contributed by atoms with van der Waals surface area (Å²) in [6.07, 6.45) is 1.74. The van der Waals surface area contributed by atoms with E-state index in [1.54, 1.807) is 30.5 Å². The number of carbonyl (C=O) groups is 1. The Morgan fingerprint density at radius 2 is 1.71 bits per heavy atom. The van der Waals surface area contributed by atoms with E-state index >= 15 is 0 Å². The van der Waals surface area contributed by atoms with Crippen molar-refractivity contribution in [2.45, 2.75) is 5.25 Å². The third-order valence-electron chi connectivity index (χ3n) is 3.67. The third kappa shape index (κ3) is 3.58. The normalized spacial score (nSPS) is 11.7. The number of nitrogens with one attached hydrogen (secondary N) is 1. The molecule has 0 saturated carbocycles. The minimum Gasteiger partial charge on any atom is -0.397 e. The van der Waals surface area contributed by atoms with Crippen LogP contribution in [0.1, 0.15) is 26.9 Å². The van der Waals surface area contributed by atoms with E-state index in [0.717, 1.165) is 11.3 Å². The van der Waals surface area contributed by atoms with Gasteiger partial charge in [0.25, 0.3) is 5.91 Å². The highest BCUT2D eigenvalue weighted by molar-refractivity contribution is 7.80. The first-order valence-electron chi connectivity index (χ1n) is 7.50. The van der Waals surface area contributed by atoms with Crippen LogP contribution < -0.4 is 11.1 Å². The number of hydrogen-bond acceptors (Lipinski definition) is 4. The summed E-state index contributed by atoms with van der Waals surface area (Å²) < 4.78 is 0. The Bertz CT molecular complexity index is 835. The number of aromatic nitrogens is 1. The van der Waals surface area contributed by atoms with Gasteiger partial charge in [0.05, 0.1) is 22.3 Å². The van der Waals surface area contributed by atoms with Gasteiger partial charge in [0.1, 0.15) is 0 Å². The van der Waals surface area contributed by atoms with Gasteiger partial charge in [-0.3, -0.25) is 9.78 Å². The molecular formula is C19H17N3OS. The van der Waals surface area contributed by atoms with Gasteiger partial charge in [0.15, 0.2) is 0 Å². The lowest BCUT2D eigenvalue weighted by molar-refractivity contribution is 0.102. The fraction of sp³-hybridized carbons (Fsp3) is 0.0526. The zero-order valence-electron chi connectivity index (χ0n) is 12.9. The van der Waals surface area contributed by atoms with Crippen molar-refractivity contribution in [3.05, 3.63) is 89.7 Å². The number of rotatable bonds is 4. The van der Waals surface area contributed by atoms with Gasteiger partial charge in [-0.2, -0.15) is 12.6 Å². The smallest absolute Gasteiger partial charge is 0.255 e. The number of thiol groups is 1. The van der Waals surface area contributed by atoms with Crippen molar-refractivity contribution in [1.29, 1.82) is 0 Å². The molecule has 0 aliphatic heterocycles. The summed E-state index contributed by atoms with van der Waals surface area (Å²) in [7, 11) is 0. The number of pyridine rings is 1. The lowest BCUT2D eigenvalue weighted by atomic mass is 10.1. The second kappa shape index (κ2) is 7.19. The van der Waals surface area contributed by atoms with E-state index < -0.39 is 0 Å². The second-order valence-electron chi connectivity index (χ2n) is 5.32. The second-order valence-corrected chi connectivity index (χ2v) is 5.84. The molecule has 0 fully saturated rings. The monoisotopic (exact) mass is 335 g/mol. The number of anilines is 2. The molecule has 2 aromatic carbocycles. The average molecular weight is 335 g/mol. The molecule has 24 heavy (non-hydrogen) atoms. The molecule has 1 atom stereocenters. The molecule has 120 valence electrons. The Hall–Kier alpha value is -2.79. The molecule has 0 radical (unpaired) electrons. The number of nitrogen functional groups attached to an aromatic ring is 1. The fourth-order valence-corrected chi connectivity index (χ4v) is 2.66. The molecule has 0 spiro atoms. The molecule has 3 aromatic rings. The number of para-hydroxylation sites is 2. The van der Waals surface area contributed by atoms with E-state index in [4.69, 9.17) is 5.73 Å². The van der Waals surface area contributed by atoms with Gasteiger partial charge in [-0.05, 0) is 42.0 Å². The molecule has 1 amide bonds. The molecule has 0 saturated heterocycles. The zero-order chi connectivity index (χ0) is 16.9. The zero-order valence-corrected chi connectivity index (χ0v) is 13.8. The predicted octanol–water partition coefficient (Wildman–Crippen LogP) is 3.94. The van der Waals surface area contributed by atoms with Gasteiger partial charge >= 0.3 is 0 Å². The Labute approximate surface area is 146 Å². The summed E-state index contributed by atoms with van der Waals surface area (Å²) >= 11 is 4.61. The summed E-state index contributed by atoms with van der Waals surface area (Å²) in [5.74, 6) is -0.201. The van der Waals surface area contributed by atoms with Crippen molar-refractivity contribution in [3.8, 4) is 0 Å². The van der Waals surface area contributed by atoms with E-state index in [-0.39, 0.29) is 11.2 Å². The predicted molar refractivity (Wildman–Crippen MR) is 100 cm³/mol. The maximum Gasteiger partial charge on any atom is 0.255 e. The molecule has 5 heteroatoms. The molecular weight excluding hydrogens is 318 g/mol. The van der Waals surface area contributed by atoms with E-state index in [1.807, 2.05) is 42.5 Å². The van der Waals surface area contributed by atoms with Crippen LogP contribution >= 0.6 is 12.6 Å². The van der Waals surface area contributed by atoms with Crippen LogP contribution in [0.15, 0.2) is 72.9 Å². The van der Waals surface area contributed by atoms with Gasteiger partial charge in [-0.25, -0.2) is 0 Å². The van der Waals surface area contributed by atoms with E-state index in [1.165, 1.54) is 0 Å². The van der Waals surface area contributed by atoms with E-state index in [2.05, 4.69) is 22.9 Å². The Kier molecular flexibility index (Phi) is 4.82. The first-order chi connectivity index (χ1) is 11.6. The topological polar surface area (TPSA) is 68.0 Å². The first-order valence-corrected chi connectivity index (χ1v) is 8.01. The quantitative estimate of drug-likeness (QED) is 0.500. The molecule has 3 rings (SSSR count).